The van der Waals surface area contributed by atoms with Crippen LogP contribution in [0.5, 0.6) is 11.5 Å². The molecule has 0 saturated heterocycles. The Kier molecular flexibility index (Phi) is 1.74. The maximum absolute atomic E-state index is 9.47. The third kappa shape index (κ3) is 1.16. The Hall–Kier alpha value is -1.44. The predicted molar refractivity (Wildman–Crippen MR) is 46.4 cm³/mol. The molecule has 2 heteroatoms. The molecular weight excluding hydrogens is 152 g/mol. The van der Waals surface area contributed by atoms with E-state index in [0.717, 1.165) is 17.7 Å². The first-order valence-electron chi connectivity index (χ1n) is 3.96. The molecule has 0 spiro atoms. The fourth-order valence-electron chi connectivity index (χ4n) is 1.30. The van der Waals surface area contributed by atoms with E-state index >= 15 is 0 Å². The molecule has 0 aliphatic carbocycles. The Bertz CT molecular complexity index is 316. The first-order chi connectivity index (χ1) is 5.88. The van der Waals surface area contributed by atoms with Crippen molar-refractivity contribution in [3.05, 3.63) is 35.9 Å². The molecule has 62 valence electrons. The Morgan fingerprint density at radius 3 is 3.08 bits per heavy atom. The van der Waals surface area contributed by atoms with Crippen molar-refractivity contribution in [2.45, 2.75) is 6.42 Å². The number of ether oxygens (including phenoxy) is 1. The van der Waals surface area contributed by atoms with Gasteiger partial charge in [0.15, 0.2) is 0 Å². The fraction of sp³-hybridized carbons (Fsp3) is 0.200. The SMILES string of the molecule is Oc1cccc2c1CC=CCO2. The van der Waals surface area contributed by atoms with Crippen LogP contribution in [0.25, 0.3) is 0 Å². The summed E-state index contributed by atoms with van der Waals surface area (Å²) in [4.78, 5) is 0. The second kappa shape index (κ2) is 2.89. The standard InChI is InChI=1S/C10H10O2/c11-9-5-3-6-10-8(9)4-1-2-7-12-10/h1-3,5-6,11H,4,7H2. The van der Waals surface area contributed by atoms with E-state index in [-0.39, 0.29) is 0 Å². The summed E-state index contributed by atoms with van der Waals surface area (Å²) >= 11 is 0. The van der Waals surface area contributed by atoms with Crippen LogP contribution in [0.2, 0.25) is 0 Å². The average Bonchev–Trinajstić information content (AvgIpc) is 2.30. The maximum atomic E-state index is 9.47. The molecule has 0 aromatic heterocycles. The second-order valence-electron chi connectivity index (χ2n) is 2.74. The van der Waals surface area contributed by atoms with Gasteiger partial charge in [-0.1, -0.05) is 18.2 Å². The molecule has 1 heterocycles. The van der Waals surface area contributed by atoms with Crippen molar-refractivity contribution in [3.8, 4) is 11.5 Å². The summed E-state index contributed by atoms with van der Waals surface area (Å²) in [6.07, 6.45) is 4.72. The number of phenols is 1. The Morgan fingerprint density at radius 2 is 2.17 bits per heavy atom. The number of phenolic OH excluding ortho intramolecular Hbond substituents is 1. The summed E-state index contributed by atoms with van der Waals surface area (Å²) < 4.78 is 5.38. The van der Waals surface area contributed by atoms with Crippen molar-refractivity contribution in [1.29, 1.82) is 0 Å². The Labute approximate surface area is 71.1 Å². The topological polar surface area (TPSA) is 29.5 Å². The van der Waals surface area contributed by atoms with Crippen LogP contribution in [0.4, 0.5) is 0 Å². The minimum atomic E-state index is 0.319. The van der Waals surface area contributed by atoms with Crippen LogP contribution in [0.1, 0.15) is 5.56 Å². The van der Waals surface area contributed by atoms with Crippen molar-refractivity contribution in [2.24, 2.45) is 0 Å². The van der Waals surface area contributed by atoms with Crippen LogP contribution in [0.3, 0.4) is 0 Å². The summed E-state index contributed by atoms with van der Waals surface area (Å²) in [5.74, 6) is 1.11. The van der Waals surface area contributed by atoms with E-state index in [1.807, 2.05) is 18.2 Å². The van der Waals surface area contributed by atoms with Gasteiger partial charge >= 0.3 is 0 Å². The first kappa shape index (κ1) is 7.22. The number of fused-ring (bicyclic) bond motifs is 1. The molecule has 0 radical (unpaired) electrons. The van der Waals surface area contributed by atoms with Gasteiger partial charge in [0.25, 0.3) is 0 Å². The molecule has 2 nitrogen and oxygen atoms in total. The van der Waals surface area contributed by atoms with E-state index in [1.165, 1.54) is 0 Å². The van der Waals surface area contributed by atoms with Crippen molar-refractivity contribution >= 4 is 0 Å². The minimum Gasteiger partial charge on any atom is -0.508 e. The largest absolute Gasteiger partial charge is 0.508 e. The molecule has 0 amide bonds. The van der Waals surface area contributed by atoms with Gasteiger partial charge in [-0.15, -0.1) is 0 Å². The molecule has 0 unspecified atom stereocenters. The zero-order chi connectivity index (χ0) is 8.39. The number of hydrogen-bond acceptors (Lipinski definition) is 2. The number of allylic oxidation sites excluding steroid dienone is 1. The van der Waals surface area contributed by atoms with E-state index in [9.17, 15) is 5.11 Å². The van der Waals surface area contributed by atoms with Crippen LogP contribution < -0.4 is 4.74 Å². The molecule has 1 aromatic rings. The fourth-order valence-corrected chi connectivity index (χ4v) is 1.30. The third-order valence-electron chi connectivity index (χ3n) is 1.93. The molecule has 12 heavy (non-hydrogen) atoms. The van der Waals surface area contributed by atoms with Crippen LogP contribution in [-0.2, 0) is 6.42 Å². The zero-order valence-electron chi connectivity index (χ0n) is 6.66. The lowest BCUT2D eigenvalue weighted by Gasteiger charge is -2.07. The van der Waals surface area contributed by atoms with Crippen LogP contribution in [0, 0.1) is 0 Å². The molecule has 1 aliphatic heterocycles. The van der Waals surface area contributed by atoms with Crippen molar-refractivity contribution in [2.75, 3.05) is 6.61 Å². The summed E-state index contributed by atoms with van der Waals surface area (Å²) in [6, 6.07) is 5.35. The van der Waals surface area contributed by atoms with Gasteiger partial charge in [-0.2, -0.15) is 0 Å². The summed E-state index contributed by atoms with van der Waals surface area (Å²) in [6.45, 7) is 0.594. The zero-order valence-corrected chi connectivity index (χ0v) is 6.66. The highest BCUT2D eigenvalue weighted by Gasteiger charge is 2.08. The van der Waals surface area contributed by atoms with Gasteiger partial charge in [-0.05, 0) is 18.6 Å². The quantitative estimate of drug-likeness (QED) is 0.590. The van der Waals surface area contributed by atoms with Gasteiger partial charge in [0.05, 0.1) is 0 Å². The third-order valence-corrected chi connectivity index (χ3v) is 1.93. The number of aromatic hydroxyl groups is 1. The summed E-state index contributed by atoms with van der Waals surface area (Å²) in [7, 11) is 0. The van der Waals surface area contributed by atoms with Gasteiger partial charge in [0.1, 0.15) is 18.1 Å². The van der Waals surface area contributed by atoms with Crippen LogP contribution in [-0.4, -0.2) is 11.7 Å². The van der Waals surface area contributed by atoms with E-state index < -0.39 is 0 Å². The van der Waals surface area contributed by atoms with Gasteiger partial charge in [-0.3, -0.25) is 0 Å². The maximum Gasteiger partial charge on any atom is 0.126 e. The van der Waals surface area contributed by atoms with Gasteiger partial charge in [0.2, 0.25) is 0 Å². The highest BCUT2D eigenvalue weighted by Crippen LogP contribution is 2.29. The van der Waals surface area contributed by atoms with Crippen molar-refractivity contribution < 1.29 is 9.84 Å². The number of hydrogen-bond donors (Lipinski definition) is 1. The van der Waals surface area contributed by atoms with Gasteiger partial charge in [0, 0.05) is 5.56 Å². The van der Waals surface area contributed by atoms with Crippen LogP contribution >= 0.6 is 0 Å². The second-order valence-corrected chi connectivity index (χ2v) is 2.74. The molecule has 0 bridgehead atoms. The normalized spacial score (nSPS) is 14.7. The monoisotopic (exact) mass is 162 g/mol. The van der Waals surface area contributed by atoms with E-state index in [2.05, 4.69) is 0 Å². The Balaban J connectivity index is 2.48. The predicted octanol–water partition coefficient (Wildman–Crippen LogP) is 1.88. The summed E-state index contributed by atoms with van der Waals surface area (Å²) in [5, 5.41) is 9.47. The number of benzene rings is 1. The first-order valence-corrected chi connectivity index (χ1v) is 3.96. The van der Waals surface area contributed by atoms with E-state index in [4.69, 9.17) is 4.74 Å². The van der Waals surface area contributed by atoms with Gasteiger partial charge in [-0.25, -0.2) is 0 Å². The minimum absolute atomic E-state index is 0.319. The molecule has 1 N–H and O–H groups in total. The lowest BCUT2D eigenvalue weighted by Crippen LogP contribution is -1.93. The van der Waals surface area contributed by atoms with Crippen molar-refractivity contribution in [3.63, 3.8) is 0 Å². The molecule has 0 atom stereocenters. The highest BCUT2D eigenvalue weighted by molar-refractivity contribution is 5.45. The molecule has 2 rings (SSSR count). The number of rotatable bonds is 0. The average molecular weight is 162 g/mol. The molecular formula is C10H10O2. The molecule has 1 aliphatic rings. The smallest absolute Gasteiger partial charge is 0.126 e. The molecule has 0 saturated carbocycles. The van der Waals surface area contributed by atoms with E-state index in [0.29, 0.717) is 12.4 Å². The lowest BCUT2D eigenvalue weighted by atomic mass is 10.1. The van der Waals surface area contributed by atoms with E-state index in [1.54, 1.807) is 12.1 Å². The lowest BCUT2D eigenvalue weighted by molar-refractivity contribution is 0.358. The molecule has 0 fully saturated rings. The van der Waals surface area contributed by atoms with Crippen molar-refractivity contribution in [1.82, 2.24) is 0 Å². The highest BCUT2D eigenvalue weighted by atomic mass is 16.5. The molecule has 1 aromatic carbocycles. The van der Waals surface area contributed by atoms with Crippen LogP contribution in [0.15, 0.2) is 30.4 Å². The summed E-state index contributed by atoms with van der Waals surface area (Å²) in [5.41, 5.74) is 0.881. The van der Waals surface area contributed by atoms with Gasteiger partial charge < -0.3 is 9.84 Å². The Morgan fingerprint density at radius 1 is 1.25 bits per heavy atom.